The second kappa shape index (κ2) is 10.3. The van der Waals surface area contributed by atoms with Crippen molar-refractivity contribution in [3.05, 3.63) is 99.8 Å². The topological polar surface area (TPSA) is 83.8 Å². The van der Waals surface area contributed by atoms with Crippen LogP contribution in [0.3, 0.4) is 0 Å². The van der Waals surface area contributed by atoms with Crippen molar-refractivity contribution in [3.63, 3.8) is 0 Å². The summed E-state index contributed by atoms with van der Waals surface area (Å²) in [4.78, 5) is 30.8. The Balaban J connectivity index is 1.84. The van der Waals surface area contributed by atoms with Crippen LogP contribution in [0.2, 0.25) is 5.02 Å². The van der Waals surface area contributed by atoms with Crippen molar-refractivity contribution in [1.29, 1.82) is 0 Å². The number of nitrogens with zero attached hydrogens (tertiary/aromatic N) is 1. The molecule has 0 saturated carbocycles. The number of ether oxygens (including phenoxy) is 1. The zero-order chi connectivity index (χ0) is 25.1. The largest absolute Gasteiger partial charge is 0.872 e. The number of nitrogens with one attached hydrogen (secondary N) is 1. The normalized spacial score (nSPS) is 17.3. The number of halogens is 1. The van der Waals surface area contributed by atoms with Gasteiger partial charge in [0, 0.05) is 17.2 Å². The van der Waals surface area contributed by atoms with Crippen LogP contribution in [0, 0.1) is 0 Å². The molecule has 2 aromatic carbocycles. The molecule has 4 rings (SSSR count). The molecule has 7 heteroatoms. The van der Waals surface area contributed by atoms with Crippen molar-refractivity contribution in [1.82, 2.24) is 4.90 Å². The molecule has 1 aliphatic heterocycles. The molecule has 1 aliphatic rings. The molecule has 1 fully saturated rings. The summed E-state index contributed by atoms with van der Waals surface area (Å²) in [5, 5.41) is 13.9. The van der Waals surface area contributed by atoms with Crippen LogP contribution in [0.4, 0.5) is 0 Å². The fraction of sp³-hybridized carbons (Fsp3) is 0.250. The van der Waals surface area contributed by atoms with Crippen molar-refractivity contribution in [2.75, 3.05) is 6.61 Å². The maximum Gasteiger partial charge on any atom is 0.295 e. The third-order valence-electron chi connectivity index (χ3n) is 6.07. The lowest BCUT2D eigenvalue weighted by atomic mass is 9.93. The summed E-state index contributed by atoms with van der Waals surface area (Å²) in [5.74, 6) is -1.24. The average Bonchev–Trinajstić information content (AvgIpc) is 3.10. The van der Waals surface area contributed by atoms with Crippen LogP contribution in [-0.2, 0) is 16.1 Å². The van der Waals surface area contributed by atoms with E-state index >= 15 is 0 Å². The zero-order valence-corrected chi connectivity index (χ0v) is 20.6. The molecule has 1 amide bonds. The highest BCUT2D eigenvalue weighted by Crippen LogP contribution is 2.40. The van der Waals surface area contributed by atoms with Crippen LogP contribution in [0.25, 0.3) is 5.76 Å². The highest BCUT2D eigenvalue weighted by atomic mass is 35.5. The predicted octanol–water partition coefficient (Wildman–Crippen LogP) is 4.10. The smallest absolute Gasteiger partial charge is 0.295 e. The molecule has 35 heavy (non-hydrogen) atoms. The lowest BCUT2D eigenvalue weighted by Gasteiger charge is -2.27. The molecule has 3 aromatic rings. The summed E-state index contributed by atoms with van der Waals surface area (Å²) in [6, 6.07) is 15.2. The zero-order valence-electron chi connectivity index (χ0n) is 19.9. The summed E-state index contributed by atoms with van der Waals surface area (Å²) in [7, 11) is 0. The Hall–Kier alpha value is -3.64. The number of pyridine rings is 1. The van der Waals surface area contributed by atoms with E-state index in [1.807, 2.05) is 43.3 Å². The molecular formula is C28H27ClN2O4. The van der Waals surface area contributed by atoms with Crippen molar-refractivity contribution >= 4 is 29.1 Å². The predicted molar refractivity (Wildman–Crippen MR) is 131 cm³/mol. The standard InChI is InChI=1S/C28H27ClN2O4/c1-4-35-23-12-11-21(14-22(23)29)26(32)24-25(20-9-7-19(8-10-20)17(2)3)31(28(34)27(24)33)16-18-6-5-13-30-15-18/h5-15,17,25,32H,4,16H2,1-3H3. The number of aromatic nitrogens is 1. The Bertz CT molecular complexity index is 1270. The summed E-state index contributed by atoms with van der Waals surface area (Å²) in [6.07, 6.45) is 3.53. The fourth-order valence-corrected chi connectivity index (χ4v) is 4.47. The van der Waals surface area contributed by atoms with E-state index in [0.717, 1.165) is 11.1 Å². The van der Waals surface area contributed by atoms with E-state index in [-0.39, 0.29) is 22.7 Å². The third-order valence-corrected chi connectivity index (χ3v) is 6.36. The van der Waals surface area contributed by atoms with Gasteiger partial charge in [0.1, 0.15) is 5.75 Å². The van der Waals surface area contributed by atoms with Crippen molar-refractivity contribution in [2.45, 2.75) is 39.3 Å². The lowest BCUT2D eigenvalue weighted by Crippen LogP contribution is -2.29. The fourth-order valence-electron chi connectivity index (χ4n) is 4.24. The first kappa shape index (κ1) is 24.5. The van der Waals surface area contributed by atoms with Gasteiger partial charge in [-0.15, -0.1) is 0 Å². The summed E-state index contributed by atoms with van der Waals surface area (Å²) >= 11 is 6.31. The van der Waals surface area contributed by atoms with Gasteiger partial charge in [0.05, 0.1) is 24.2 Å². The first-order valence-corrected chi connectivity index (χ1v) is 11.9. The number of ketones is 1. The molecular weight excluding hydrogens is 464 g/mol. The molecule has 180 valence electrons. The monoisotopic (exact) mass is 490 g/mol. The molecule has 0 bridgehead atoms. The molecule has 0 radical (unpaired) electrons. The Morgan fingerprint density at radius 1 is 1.14 bits per heavy atom. The van der Waals surface area contributed by atoms with Gasteiger partial charge in [-0.05, 0) is 47.7 Å². The molecule has 2 heterocycles. The van der Waals surface area contributed by atoms with Crippen LogP contribution >= 0.6 is 11.6 Å². The minimum absolute atomic E-state index is 0.0764. The van der Waals surface area contributed by atoms with Crippen LogP contribution in [0.15, 0.2) is 72.6 Å². The number of hydrogen-bond donors (Lipinski definition) is 0. The van der Waals surface area contributed by atoms with Gasteiger partial charge < -0.3 is 14.7 Å². The van der Waals surface area contributed by atoms with Gasteiger partial charge >= 0.3 is 0 Å². The third kappa shape index (κ3) is 4.93. The van der Waals surface area contributed by atoms with Crippen LogP contribution in [0.1, 0.15) is 55.0 Å². The Labute approximate surface area is 209 Å². The van der Waals surface area contributed by atoms with Gasteiger partial charge in [0.25, 0.3) is 5.91 Å². The number of rotatable bonds is 7. The van der Waals surface area contributed by atoms with Gasteiger partial charge in [-0.2, -0.15) is 0 Å². The first-order chi connectivity index (χ1) is 16.8. The summed E-state index contributed by atoms with van der Waals surface area (Å²) in [6.45, 7) is 6.62. The molecule has 1 unspecified atom stereocenters. The Morgan fingerprint density at radius 3 is 2.49 bits per heavy atom. The summed E-state index contributed by atoms with van der Waals surface area (Å²) in [5.41, 5.74) is 2.80. The van der Waals surface area contributed by atoms with Crippen molar-refractivity contribution in [2.24, 2.45) is 0 Å². The lowest BCUT2D eigenvalue weighted by molar-refractivity contribution is -0.378. The SMILES string of the molecule is CCOc1ccc(C([O-])=C2C(=O)C(=O)N(Cc3ccc[nH+]c3)C2c2ccc(C(C)C)cc2)cc1Cl. The van der Waals surface area contributed by atoms with E-state index in [1.165, 1.54) is 11.0 Å². The van der Waals surface area contributed by atoms with Gasteiger partial charge in [-0.3, -0.25) is 9.59 Å². The van der Waals surface area contributed by atoms with E-state index in [2.05, 4.69) is 18.8 Å². The van der Waals surface area contributed by atoms with Crippen LogP contribution < -0.4 is 14.8 Å². The minimum atomic E-state index is -0.811. The quantitative estimate of drug-likeness (QED) is 0.283. The summed E-state index contributed by atoms with van der Waals surface area (Å²) < 4.78 is 5.46. The van der Waals surface area contributed by atoms with E-state index in [0.29, 0.717) is 23.8 Å². The number of hydrogen-bond acceptors (Lipinski definition) is 4. The number of carbonyl (C=O) groups is 2. The first-order valence-electron chi connectivity index (χ1n) is 11.6. The molecule has 0 aliphatic carbocycles. The van der Waals surface area contributed by atoms with Crippen molar-refractivity contribution < 1.29 is 24.4 Å². The Morgan fingerprint density at radius 2 is 1.89 bits per heavy atom. The second-order valence-electron chi connectivity index (χ2n) is 8.72. The van der Waals surface area contributed by atoms with Crippen LogP contribution in [0.5, 0.6) is 5.75 Å². The van der Waals surface area contributed by atoms with Crippen LogP contribution in [-0.4, -0.2) is 23.2 Å². The molecule has 1 aromatic heterocycles. The van der Waals surface area contributed by atoms with E-state index in [9.17, 15) is 14.7 Å². The Kier molecular flexibility index (Phi) is 7.22. The maximum atomic E-state index is 13.6. The molecule has 1 N–H and O–H groups in total. The molecule has 1 saturated heterocycles. The van der Waals surface area contributed by atoms with Gasteiger partial charge in [0.15, 0.2) is 12.4 Å². The number of amides is 1. The number of aromatic amines is 1. The molecule has 0 spiro atoms. The number of H-pyrrole nitrogens is 1. The molecule has 1 atom stereocenters. The maximum absolute atomic E-state index is 13.6. The number of likely N-dealkylation sites (tertiary alicyclic amines) is 1. The average molecular weight is 491 g/mol. The number of benzene rings is 2. The van der Waals surface area contributed by atoms with Crippen molar-refractivity contribution in [3.8, 4) is 5.75 Å². The van der Waals surface area contributed by atoms with Gasteiger partial charge in [-0.1, -0.05) is 61.5 Å². The number of carbonyl (C=O) groups excluding carboxylic acids is 2. The van der Waals surface area contributed by atoms with Gasteiger partial charge in [0.2, 0.25) is 5.78 Å². The second-order valence-corrected chi connectivity index (χ2v) is 9.13. The number of Topliss-reactive ketones (excluding diaryl/α,β-unsaturated/α-hetero) is 1. The van der Waals surface area contributed by atoms with E-state index < -0.39 is 23.5 Å². The minimum Gasteiger partial charge on any atom is -0.872 e. The van der Waals surface area contributed by atoms with E-state index in [1.54, 1.807) is 24.5 Å². The molecule has 6 nitrogen and oxygen atoms in total. The van der Waals surface area contributed by atoms with Gasteiger partial charge in [-0.25, -0.2) is 4.98 Å². The van der Waals surface area contributed by atoms with E-state index in [4.69, 9.17) is 16.3 Å². The highest BCUT2D eigenvalue weighted by Gasteiger charge is 2.44. The highest BCUT2D eigenvalue weighted by molar-refractivity contribution is 6.46.